The number of nitrogens with zero attached hydrogens (tertiary/aromatic N) is 2. The van der Waals surface area contributed by atoms with Gasteiger partial charge in [0.25, 0.3) is 0 Å². The van der Waals surface area contributed by atoms with Crippen LogP contribution in [0.1, 0.15) is 60.7 Å². The molecule has 5 nitrogen and oxygen atoms in total. The van der Waals surface area contributed by atoms with Crippen LogP contribution in [0.4, 0.5) is 0 Å². The van der Waals surface area contributed by atoms with Crippen LogP contribution in [-0.2, 0) is 0 Å². The molecule has 0 radical (unpaired) electrons. The first-order chi connectivity index (χ1) is 16.4. The summed E-state index contributed by atoms with van der Waals surface area (Å²) in [5.41, 5.74) is 5.13. The summed E-state index contributed by atoms with van der Waals surface area (Å²) >= 11 is 13.0. The van der Waals surface area contributed by atoms with Crippen molar-refractivity contribution in [1.82, 2.24) is 5.01 Å². The molecule has 0 N–H and O–H groups in total. The van der Waals surface area contributed by atoms with Crippen LogP contribution in [0.3, 0.4) is 0 Å². The lowest BCUT2D eigenvalue weighted by molar-refractivity contribution is -0.0189. The molecule has 34 heavy (non-hydrogen) atoms. The third-order valence-corrected chi connectivity index (χ3v) is 6.91. The van der Waals surface area contributed by atoms with E-state index in [-0.39, 0.29) is 6.04 Å². The molecule has 2 atom stereocenters. The standard InChI is InChI=1S/C27H26Cl2N2O3/c1-15(2)16-5-7-17(8-6-16)27-31-23(20-12-19(28)13-21(29)26(20)34-27)14-22(30-31)18-9-10-24(32-3)25(11-18)33-4/h5-13,15,23,27H,14H2,1-4H3/t23-,27-/m1/s1. The SMILES string of the molecule is COc1ccc(C2=NN3[C@H](C2)c2cc(Cl)cc(Cl)c2O[C@@H]3c2ccc(C(C)C)cc2)cc1OC. The second-order valence-electron chi connectivity index (χ2n) is 8.81. The second kappa shape index (κ2) is 9.05. The van der Waals surface area contributed by atoms with E-state index < -0.39 is 6.23 Å². The molecule has 0 saturated heterocycles. The summed E-state index contributed by atoms with van der Waals surface area (Å²) in [6.07, 6.45) is 0.276. The summed E-state index contributed by atoms with van der Waals surface area (Å²) < 4.78 is 17.4. The molecule has 0 spiro atoms. The monoisotopic (exact) mass is 496 g/mol. The molecule has 2 heterocycles. The zero-order chi connectivity index (χ0) is 24.0. The molecule has 0 fully saturated rings. The number of halogens is 2. The van der Waals surface area contributed by atoms with E-state index in [4.69, 9.17) is 42.5 Å². The van der Waals surface area contributed by atoms with Gasteiger partial charge in [-0.1, -0.05) is 61.3 Å². The number of rotatable bonds is 5. The van der Waals surface area contributed by atoms with E-state index in [1.165, 1.54) is 5.56 Å². The van der Waals surface area contributed by atoms with E-state index in [0.717, 1.165) is 22.4 Å². The van der Waals surface area contributed by atoms with Crippen LogP contribution in [0.2, 0.25) is 10.0 Å². The number of ether oxygens (including phenoxy) is 3. The third kappa shape index (κ3) is 3.97. The highest BCUT2D eigenvalue weighted by Gasteiger charge is 2.42. The first kappa shape index (κ1) is 22.9. The van der Waals surface area contributed by atoms with E-state index in [1.54, 1.807) is 20.3 Å². The van der Waals surface area contributed by atoms with Gasteiger partial charge in [-0.3, -0.25) is 0 Å². The van der Waals surface area contributed by atoms with Crippen molar-refractivity contribution in [2.75, 3.05) is 14.2 Å². The van der Waals surface area contributed by atoms with Crippen LogP contribution in [0.5, 0.6) is 17.2 Å². The van der Waals surface area contributed by atoms with Gasteiger partial charge in [0.2, 0.25) is 6.23 Å². The Labute approximate surface area is 209 Å². The van der Waals surface area contributed by atoms with Gasteiger partial charge >= 0.3 is 0 Å². The van der Waals surface area contributed by atoms with Crippen LogP contribution in [0.15, 0.2) is 59.7 Å². The molecule has 3 aromatic rings. The van der Waals surface area contributed by atoms with Crippen molar-refractivity contribution in [3.8, 4) is 17.2 Å². The Kier molecular flexibility index (Phi) is 6.09. The summed E-state index contributed by atoms with van der Waals surface area (Å²) in [5.74, 6) is 2.45. The highest BCUT2D eigenvalue weighted by atomic mass is 35.5. The fourth-order valence-corrected chi connectivity index (χ4v) is 5.12. The molecule has 0 bridgehead atoms. The van der Waals surface area contributed by atoms with Gasteiger partial charge in [-0.25, -0.2) is 5.01 Å². The van der Waals surface area contributed by atoms with Crippen LogP contribution in [0, 0.1) is 0 Å². The van der Waals surface area contributed by atoms with Crippen molar-refractivity contribution >= 4 is 28.9 Å². The molecule has 0 amide bonds. The quantitative estimate of drug-likeness (QED) is 0.369. The van der Waals surface area contributed by atoms with Crippen LogP contribution in [-0.4, -0.2) is 24.9 Å². The Morgan fingerprint density at radius 3 is 2.38 bits per heavy atom. The van der Waals surface area contributed by atoms with Crippen LogP contribution < -0.4 is 14.2 Å². The highest BCUT2D eigenvalue weighted by molar-refractivity contribution is 6.35. The summed E-state index contributed by atoms with van der Waals surface area (Å²) in [7, 11) is 3.26. The van der Waals surface area contributed by atoms with Gasteiger partial charge in [0.05, 0.1) is 31.0 Å². The average Bonchev–Trinajstić information content (AvgIpc) is 3.29. The first-order valence-electron chi connectivity index (χ1n) is 11.2. The summed E-state index contributed by atoms with van der Waals surface area (Å²) in [5, 5.41) is 8.13. The topological polar surface area (TPSA) is 43.3 Å². The zero-order valence-corrected chi connectivity index (χ0v) is 21.0. The fourth-order valence-electron chi connectivity index (χ4n) is 4.57. The molecule has 2 aliphatic rings. The predicted molar refractivity (Wildman–Crippen MR) is 136 cm³/mol. The van der Waals surface area contributed by atoms with E-state index in [9.17, 15) is 0 Å². The van der Waals surface area contributed by atoms with Crippen molar-refractivity contribution in [2.45, 2.75) is 38.5 Å². The van der Waals surface area contributed by atoms with Gasteiger partial charge < -0.3 is 14.2 Å². The Morgan fingerprint density at radius 2 is 1.71 bits per heavy atom. The van der Waals surface area contributed by atoms with E-state index in [0.29, 0.717) is 39.6 Å². The number of fused-ring (bicyclic) bond motifs is 3. The molecule has 0 saturated carbocycles. The minimum atomic E-state index is -0.407. The Hall–Kier alpha value is -2.89. The van der Waals surface area contributed by atoms with Crippen molar-refractivity contribution in [1.29, 1.82) is 0 Å². The van der Waals surface area contributed by atoms with Crippen molar-refractivity contribution in [3.05, 3.63) is 86.9 Å². The lowest BCUT2D eigenvalue weighted by atomic mass is 9.95. The maximum atomic E-state index is 6.59. The highest BCUT2D eigenvalue weighted by Crippen LogP contribution is 2.51. The van der Waals surface area contributed by atoms with Gasteiger partial charge in [-0.2, -0.15) is 5.10 Å². The Balaban J connectivity index is 1.59. The molecule has 2 aliphatic heterocycles. The molecular weight excluding hydrogens is 471 g/mol. The smallest absolute Gasteiger partial charge is 0.213 e. The number of methoxy groups -OCH3 is 2. The van der Waals surface area contributed by atoms with Gasteiger partial charge in [0, 0.05) is 28.1 Å². The summed E-state index contributed by atoms with van der Waals surface area (Å²) in [6.45, 7) is 4.37. The maximum Gasteiger partial charge on any atom is 0.213 e. The fraction of sp³-hybridized carbons (Fsp3) is 0.296. The Morgan fingerprint density at radius 1 is 0.971 bits per heavy atom. The molecule has 0 aliphatic carbocycles. The van der Waals surface area contributed by atoms with E-state index in [1.807, 2.05) is 29.3 Å². The molecule has 176 valence electrons. The number of hydrogen-bond donors (Lipinski definition) is 0. The predicted octanol–water partition coefficient (Wildman–Crippen LogP) is 7.38. The molecule has 5 rings (SSSR count). The summed E-state index contributed by atoms with van der Waals surface area (Å²) in [4.78, 5) is 0. The van der Waals surface area contributed by atoms with Crippen molar-refractivity contribution < 1.29 is 14.2 Å². The first-order valence-corrected chi connectivity index (χ1v) is 12.0. The van der Waals surface area contributed by atoms with Crippen LogP contribution >= 0.6 is 23.2 Å². The molecule has 7 heteroatoms. The largest absolute Gasteiger partial charge is 0.493 e. The summed E-state index contributed by atoms with van der Waals surface area (Å²) in [6, 6.07) is 17.9. The zero-order valence-electron chi connectivity index (χ0n) is 19.5. The lowest BCUT2D eigenvalue weighted by Crippen LogP contribution is -2.33. The van der Waals surface area contributed by atoms with E-state index in [2.05, 4.69) is 38.1 Å². The number of benzene rings is 3. The maximum absolute atomic E-state index is 6.59. The second-order valence-corrected chi connectivity index (χ2v) is 9.66. The molecule has 0 aromatic heterocycles. The van der Waals surface area contributed by atoms with Crippen molar-refractivity contribution in [2.24, 2.45) is 5.10 Å². The minimum Gasteiger partial charge on any atom is -0.493 e. The lowest BCUT2D eigenvalue weighted by Gasteiger charge is -2.38. The van der Waals surface area contributed by atoms with Gasteiger partial charge in [-0.15, -0.1) is 0 Å². The number of hydrazone groups is 1. The van der Waals surface area contributed by atoms with Crippen molar-refractivity contribution in [3.63, 3.8) is 0 Å². The normalized spacial score (nSPS) is 18.8. The third-order valence-electron chi connectivity index (χ3n) is 6.41. The Bertz CT molecular complexity index is 1260. The molecule has 0 unspecified atom stereocenters. The molecular formula is C27H26Cl2N2O3. The number of hydrogen-bond acceptors (Lipinski definition) is 5. The average molecular weight is 497 g/mol. The van der Waals surface area contributed by atoms with E-state index >= 15 is 0 Å². The van der Waals surface area contributed by atoms with Crippen LogP contribution in [0.25, 0.3) is 0 Å². The van der Waals surface area contributed by atoms with Gasteiger partial charge in [0.15, 0.2) is 11.5 Å². The molecule has 3 aromatic carbocycles. The van der Waals surface area contributed by atoms with Gasteiger partial charge in [0.1, 0.15) is 5.75 Å². The minimum absolute atomic E-state index is 0.0576. The van der Waals surface area contributed by atoms with Gasteiger partial charge in [-0.05, 0) is 41.8 Å².